The molecule has 1 aromatic rings. The monoisotopic (exact) mass is 300 g/mol. The van der Waals surface area contributed by atoms with Gasteiger partial charge in [-0.15, -0.1) is 0 Å². The third kappa shape index (κ3) is 2.91. The fourth-order valence-electron chi connectivity index (χ4n) is 2.48. The Bertz CT molecular complexity index is 385. The minimum Gasteiger partial charge on any atom is -0.393 e. The van der Waals surface area contributed by atoms with Gasteiger partial charge in [-0.25, -0.2) is 0 Å². The number of nitrogens with zero attached hydrogens (tertiary/aromatic N) is 2. The fraction of sp³-hybridized carbons (Fsp3) is 0.769. The van der Waals surface area contributed by atoms with Crippen LogP contribution in [-0.4, -0.2) is 21.0 Å². The highest BCUT2D eigenvalue weighted by Gasteiger charge is 2.23. The van der Waals surface area contributed by atoms with Crippen molar-refractivity contribution in [3.63, 3.8) is 0 Å². The molecule has 96 valence electrons. The third-order valence-electron chi connectivity index (χ3n) is 3.71. The van der Waals surface area contributed by atoms with Crippen molar-refractivity contribution in [1.82, 2.24) is 9.78 Å². The summed E-state index contributed by atoms with van der Waals surface area (Å²) < 4.78 is 3.05. The first kappa shape index (κ1) is 13.1. The highest BCUT2D eigenvalue weighted by molar-refractivity contribution is 9.10. The number of rotatable bonds is 5. The second-order valence-corrected chi connectivity index (χ2v) is 5.85. The van der Waals surface area contributed by atoms with Crippen LogP contribution >= 0.6 is 15.9 Å². The van der Waals surface area contributed by atoms with Crippen molar-refractivity contribution in [1.29, 1.82) is 0 Å². The van der Waals surface area contributed by atoms with Gasteiger partial charge in [-0.2, -0.15) is 5.10 Å². The molecular weight excluding hydrogens is 280 g/mol. The van der Waals surface area contributed by atoms with Gasteiger partial charge < -0.3 is 5.11 Å². The lowest BCUT2D eigenvalue weighted by Gasteiger charge is -2.27. The van der Waals surface area contributed by atoms with Gasteiger partial charge >= 0.3 is 0 Å². The number of aryl methyl sites for hydroxylation is 2. The van der Waals surface area contributed by atoms with Crippen LogP contribution < -0.4 is 0 Å². The van der Waals surface area contributed by atoms with E-state index in [1.54, 1.807) is 0 Å². The van der Waals surface area contributed by atoms with Gasteiger partial charge in [-0.05, 0) is 42.1 Å². The van der Waals surface area contributed by atoms with E-state index in [0.29, 0.717) is 6.42 Å². The molecule has 1 saturated carbocycles. The summed E-state index contributed by atoms with van der Waals surface area (Å²) in [5.41, 5.74) is 2.15. The summed E-state index contributed by atoms with van der Waals surface area (Å²) >= 11 is 3.57. The molecule has 0 saturated heterocycles. The van der Waals surface area contributed by atoms with E-state index in [1.807, 2.05) is 11.6 Å². The maximum atomic E-state index is 10.1. The van der Waals surface area contributed by atoms with E-state index in [2.05, 4.69) is 28.0 Å². The zero-order chi connectivity index (χ0) is 12.4. The standard InChI is InChI=1S/C13H21BrN2O/c1-3-16-12(13(14)9(2)15-16)8-11(17)7-10-5-4-6-10/h10-11,17H,3-8H2,1-2H3. The number of aliphatic hydroxyl groups is 1. The molecule has 17 heavy (non-hydrogen) atoms. The number of aromatic nitrogens is 2. The quantitative estimate of drug-likeness (QED) is 0.907. The molecule has 1 N–H and O–H groups in total. The molecule has 1 aliphatic carbocycles. The molecule has 0 bridgehead atoms. The Hall–Kier alpha value is -0.350. The van der Waals surface area contributed by atoms with Crippen LogP contribution in [0.15, 0.2) is 4.47 Å². The normalized spacial score (nSPS) is 18.1. The van der Waals surface area contributed by atoms with Gasteiger partial charge in [0.05, 0.1) is 22.0 Å². The van der Waals surface area contributed by atoms with Gasteiger partial charge in [-0.1, -0.05) is 19.3 Å². The SMILES string of the molecule is CCn1nc(C)c(Br)c1CC(O)CC1CCC1. The van der Waals surface area contributed by atoms with Crippen molar-refractivity contribution in [2.45, 2.75) is 58.6 Å². The average Bonchev–Trinajstić information content (AvgIpc) is 2.51. The van der Waals surface area contributed by atoms with Crippen molar-refractivity contribution < 1.29 is 5.11 Å². The second-order valence-electron chi connectivity index (χ2n) is 5.05. The van der Waals surface area contributed by atoms with Crippen molar-refractivity contribution in [3.8, 4) is 0 Å². The van der Waals surface area contributed by atoms with Gasteiger partial charge in [0, 0.05) is 13.0 Å². The van der Waals surface area contributed by atoms with Crippen LogP contribution in [0.4, 0.5) is 0 Å². The van der Waals surface area contributed by atoms with E-state index in [-0.39, 0.29) is 6.10 Å². The third-order valence-corrected chi connectivity index (χ3v) is 4.74. The second kappa shape index (κ2) is 5.53. The summed E-state index contributed by atoms with van der Waals surface area (Å²) in [5, 5.41) is 14.6. The molecule has 0 aliphatic heterocycles. The Labute approximate surface area is 111 Å². The van der Waals surface area contributed by atoms with Gasteiger partial charge in [-0.3, -0.25) is 4.68 Å². The molecule has 1 fully saturated rings. The number of hydrogen-bond donors (Lipinski definition) is 1. The molecule has 0 amide bonds. The Kier molecular flexibility index (Phi) is 4.26. The molecule has 3 nitrogen and oxygen atoms in total. The number of halogens is 1. The van der Waals surface area contributed by atoms with E-state index in [0.717, 1.165) is 34.7 Å². The zero-order valence-electron chi connectivity index (χ0n) is 10.6. The summed E-state index contributed by atoms with van der Waals surface area (Å²) in [4.78, 5) is 0. The highest BCUT2D eigenvalue weighted by Crippen LogP contribution is 2.32. The fourth-order valence-corrected chi connectivity index (χ4v) is 2.93. The summed E-state index contributed by atoms with van der Waals surface area (Å²) in [7, 11) is 0. The van der Waals surface area contributed by atoms with Crippen molar-refractivity contribution in [3.05, 3.63) is 15.9 Å². The first-order chi connectivity index (χ1) is 8.11. The minimum atomic E-state index is -0.224. The Morgan fingerprint density at radius 2 is 2.24 bits per heavy atom. The first-order valence-electron chi connectivity index (χ1n) is 6.51. The van der Waals surface area contributed by atoms with Gasteiger partial charge in [0.15, 0.2) is 0 Å². The Morgan fingerprint density at radius 1 is 1.53 bits per heavy atom. The van der Waals surface area contributed by atoms with E-state index in [9.17, 15) is 5.11 Å². The smallest absolute Gasteiger partial charge is 0.0738 e. The molecule has 1 unspecified atom stereocenters. The molecule has 1 aromatic heterocycles. The predicted molar refractivity (Wildman–Crippen MR) is 72.0 cm³/mol. The largest absolute Gasteiger partial charge is 0.393 e. The van der Waals surface area contributed by atoms with Crippen molar-refractivity contribution >= 4 is 15.9 Å². The lowest BCUT2D eigenvalue weighted by Crippen LogP contribution is -2.22. The molecule has 0 radical (unpaired) electrons. The molecule has 0 spiro atoms. The van der Waals surface area contributed by atoms with E-state index < -0.39 is 0 Å². The lowest BCUT2D eigenvalue weighted by molar-refractivity contribution is 0.116. The maximum Gasteiger partial charge on any atom is 0.0738 e. The van der Waals surface area contributed by atoms with Crippen LogP contribution in [0.3, 0.4) is 0 Å². The van der Waals surface area contributed by atoms with Crippen molar-refractivity contribution in [2.75, 3.05) is 0 Å². The lowest BCUT2D eigenvalue weighted by atomic mass is 9.81. The molecule has 4 heteroatoms. The van der Waals surface area contributed by atoms with E-state index >= 15 is 0 Å². The van der Waals surface area contributed by atoms with Crippen LogP contribution in [-0.2, 0) is 13.0 Å². The Balaban J connectivity index is 2.00. The van der Waals surface area contributed by atoms with Crippen LogP contribution in [0.5, 0.6) is 0 Å². The minimum absolute atomic E-state index is 0.224. The van der Waals surface area contributed by atoms with Crippen LogP contribution in [0, 0.1) is 12.8 Å². The molecule has 1 heterocycles. The first-order valence-corrected chi connectivity index (χ1v) is 7.31. The molecule has 0 aromatic carbocycles. The summed E-state index contributed by atoms with van der Waals surface area (Å²) in [5.74, 6) is 0.753. The molecule has 1 aliphatic rings. The summed E-state index contributed by atoms with van der Waals surface area (Å²) in [6.45, 7) is 4.94. The number of aliphatic hydroxyl groups excluding tert-OH is 1. The molecule has 1 atom stereocenters. The van der Waals surface area contributed by atoms with E-state index in [4.69, 9.17) is 0 Å². The Morgan fingerprint density at radius 3 is 2.76 bits per heavy atom. The van der Waals surface area contributed by atoms with Crippen molar-refractivity contribution in [2.24, 2.45) is 5.92 Å². The maximum absolute atomic E-state index is 10.1. The number of hydrogen-bond acceptors (Lipinski definition) is 2. The summed E-state index contributed by atoms with van der Waals surface area (Å²) in [6.07, 6.45) is 5.37. The van der Waals surface area contributed by atoms with Gasteiger partial charge in [0.25, 0.3) is 0 Å². The van der Waals surface area contributed by atoms with Crippen LogP contribution in [0.1, 0.15) is 44.0 Å². The zero-order valence-corrected chi connectivity index (χ0v) is 12.2. The summed E-state index contributed by atoms with van der Waals surface area (Å²) in [6, 6.07) is 0. The topological polar surface area (TPSA) is 38.0 Å². The van der Waals surface area contributed by atoms with Crippen LogP contribution in [0.2, 0.25) is 0 Å². The molecule has 2 rings (SSSR count). The van der Waals surface area contributed by atoms with Crippen LogP contribution in [0.25, 0.3) is 0 Å². The predicted octanol–water partition coefficient (Wildman–Crippen LogP) is 3.07. The molecular formula is C13H21BrN2O. The van der Waals surface area contributed by atoms with E-state index in [1.165, 1.54) is 19.3 Å². The highest BCUT2D eigenvalue weighted by atomic mass is 79.9. The van der Waals surface area contributed by atoms with Gasteiger partial charge in [0.2, 0.25) is 0 Å². The van der Waals surface area contributed by atoms with Gasteiger partial charge in [0.1, 0.15) is 0 Å². The average molecular weight is 301 g/mol.